The van der Waals surface area contributed by atoms with Crippen molar-refractivity contribution in [3.63, 3.8) is 0 Å². The Hall–Kier alpha value is -2.47. The Morgan fingerprint density at radius 3 is 3.00 bits per heavy atom. The maximum absolute atomic E-state index is 12.1. The van der Waals surface area contributed by atoms with Gasteiger partial charge in [0.15, 0.2) is 0 Å². The third-order valence-corrected chi connectivity index (χ3v) is 3.05. The highest BCUT2D eigenvalue weighted by Crippen LogP contribution is 2.24. The van der Waals surface area contributed by atoms with Crippen LogP contribution >= 0.6 is 11.6 Å². The highest BCUT2D eigenvalue weighted by Gasteiger charge is 2.19. The molecule has 7 heteroatoms. The van der Waals surface area contributed by atoms with Gasteiger partial charge >= 0.3 is 0 Å². The summed E-state index contributed by atoms with van der Waals surface area (Å²) in [5.74, 6) is -0.0802. The second-order valence-corrected chi connectivity index (χ2v) is 4.60. The van der Waals surface area contributed by atoms with Crippen molar-refractivity contribution in [2.75, 3.05) is 10.6 Å². The predicted molar refractivity (Wildman–Crippen MR) is 73.8 cm³/mol. The van der Waals surface area contributed by atoms with Gasteiger partial charge in [0.05, 0.1) is 6.42 Å². The average Bonchev–Trinajstić information content (AvgIpc) is 2.77. The van der Waals surface area contributed by atoms with Crippen LogP contribution in [0, 0.1) is 0 Å². The number of carbonyl (C=O) groups excluding carboxylic acids is 2. The van der Waals surface area contributed by atoms with E-state index < -0.39 is 0 Å². The molecule has 0 radical (unpaired) electrons. The molecule has 0 saturated carbocycles. The van der Waals surface area contributed by atoms with Gasteiger partial charge < -0.3 is 10.6 Å². The molecule has 0 atom stereocenters. The number of anilines is 2. The third-order valence-electron chi connectivity index (χ3n) is 2.86. The number of benzene rings is 1. The van der Waals surface area contributed by atoms with Crippen LogP contribution in [0.25, 0.3) is 0 Å². The fraction of sp³-hybridized carbons (Fsp3) is 0.0769. The molecule has 0 unspecified atom stereocenters. The van der Waals surface area contributed by atoms with E-state index in [-0.39, 0.29) is 17.1 Å². The van der Waals surface area contributed by atoms with E-state index in [2.05, 4.69) is 20.6 Å². The van der Waals surface area contributed by atoms with E-state index in [1.807, 2.05) is 0 Å². The molecule has 2 aromatic rings. The number of fused-ring (bicyclic) bond motifs is 1. The first-order valence-electron chi connectivity index (χ1n) is 5.84. The summed E-state index contributed by atoms with van der Waals surface area (Å²) in [6.45, 7) is 0. The van der Waals surface area contributed by atoms with Gasteiger partial charge in [-0.15, -0.1) is 0 Å². The van der Waals surface area contributed by atoms with Gasteiger partial charge in [-0.2, -0.15) is 0 Å². The van der Waals surface area contributed by atoms with E-state index in [9.17, 15) is 9.59 Å². The zero-order valence-corrected chi connectivity index (χ0v) is 10.9. The SMILES string of the molecule is O=C1Cc2ccc(C(=O)Nc3ccnc(Cl)n3)cc2N1. The van der Waals surface area contributed by atoms with Gasteiger partial charge in [-0.1, -0.05) is 6.07 Å². The molecule has 0 spiro atoms. The smallest absolute Gasteiger partial charge is 0.256 e. The van der Waals surface area contributed by atoms with E-state index in [0.29, 0.717) is 23.5 Å². The summed E-state index contributed by atoms with van der Waals surface area (Å²) in [4.78, 5) is 31.0. The lowest BCUT2D eigenvalue weighted by Gasteiger charge is -2.06. The number of halogens is 1. The molecule has 1 aliphatic rings. The van der Waals surface area contributed by atoms with Crippen molar-refractivity contribution in [2.45, 2.75) is 6.42 Å². The summed E-state index contributed by atoms with van der Waals surface area (Å²) in [7, 11) is 0. The van der Waals surface area contributed by atoms with Crippen molar-refractivity contribution in [1.29, 1.82) is 0 Å². The van der Waals surface area contributed by atoms with Gasteiger partial charge in [0.25, 0.3) is 5.91 Å². The predicted octanol–water partition coefficient (Wildman–Crippen LogP) is 1.88. The molecule has 100 valence electrons. The minimum absolute atomic E-state index is 0.0593. The summed E-state index contributed by atoms with van der Waals surface area (Å²) >= 11 is 5.65. The molecule has 2 N–H and O–H groups in total. The average molecular weight is 289 g/mol. The monoisotopic (exact) mass is 288 g/mol. The van der Waals surface area contributed by atoms with Crippen LogP contribution in [-0.2, 0) is 11.2 Å². The zero-order valence-electron chi connectivity index (χ0n) is 10.2. The quantitative estimate of drug-likeness (QED) is 0.826. The largest absolute Gasteiger partial charge is 0.326 e. The van der Waals surface area contributed by atoms with Crippen LogP contribution in [0.3, 0.4) is 0 Å². The standard InChI is InChI=1S/C13H9ClN4O2/c14-13-15-4-3-10(18-13)17-12(20)8-2-1-7-6-11(19)16-9(7)5-8/h1-5H,6H2,(H,16,19)(H,15,17,18,20). The summed E-state index contributed by atoms with van der Waals surface area (Å²) in [6, 6.07) is 6.60. The Bertz CT molecular complexity index is 717. The number of aromatic nitrogens is 2. The number of hydrogen-bond donors (Lipinski definition) is 2. The van der Waals surface area contributed by atoms with E-state index in [4.69, 9.17) is 11.6 Å². The van der Waals surface area contributed by atoms with Crippen LogP contribution in [-0.4, -0.2) is 21.8 Å². The summed E-state index contributed by atoms with van der Waals surface area (Å²) in [5.41, 5.74) is 1.99. The molecule has 1 aliphatic heterocycles. The Labute approximate surface area is 119 Å². The van der Waals surface area contributed by atoms with Crippen LogP contribution in [0.15, 0.2) is 30.5 Å². The van der Waals surface area contributed by atoms with Crippen molar-refractivity contribution in [3.8, 4) is 0 Å². The van der Waals surface area contributed by atoms with Crippen LogP contribution < -0.4 is 10.6 Å². The molecule has 1 aromatic carbocycles. The van der Waals surface area contributed by atoms with Crippen LogP contribution in [0.5, 0.6) is 0 Å². The zero-order chi connectivity index (χ0) is 14.1. The van der Waals surface area contributed by atoms with Gasteiger partial charge in [0.1, 0.15) is 5.82 Å². The molecule has 0 fully saturated rings. The van der Waals surface area contributed by atoms with E-state index in [1.54, 1.807) is 24.3 Å². The van der Waals surface area contributed by atoms with Crippen molar-refractivity contribution in [3.05, 3.63) is 46.9 Å². The Morgan fingerprint density at radius 2 is 2.20 bits per heavy atom. The molecule has 0 bridgehead atoms. The van der Waals surface area contributed by atoms with Gasteiger partial charge in [-0.3, -0.25) is 9.59 Å². The van der Waals surface area contributed by atoms with E-state index in [0.717, 1.165) is 5.56 Å². The number of hydrogen-bond acceptors (Lipinski definition) is 4. The Morgan fingerprint density at radius 1 is 1.35 bits per heavy atom. The lowest BCUT2D eigenvalue weighted by Crippen LogP contribution is -2.13. The van der Waals surface area contributed by atoms with Crippen LogP contribution in [0.4, 0.5) is 11.5 Å². The minimum Gasteiger partial charge on any atom is -0.326 e. The second kappa shape index (κ2) is 4.90. The number of amides is 2. The van der Waals surface area contributed by atoms with Gasteiger partial charge in [-0.25, -0.2) is 9.97 Å². The molecule has 2 heterocycles. The normalized spacial score (nSPS) is 12.8. The molecule has 3 rings (SSSR count). The molecular formula is C13H9ClN4O2. The van der Waals surface area contributed by atoms with E-state index >= 15 is 0 Å². The van der Waals surface area contributed by atoms with Crippen molar-refractivity contribution in [2.24, 2.45) is 0 Å². The lowest BCUT2D eigenvalue weighted by molar-refractivity contribution is -0.115. The van der Waals surface area contributed by atoms with Crippen LogP contribution in [0.2, 0.25) is 5.28 Å². The highest BCUT2D eigenvalue weighted by atomic mass is 35.5. The molecule has 2 amide bonds. The van der Waals surface area contributed by atoms with Crippen molar-refractivity contribution < 1.29 is 9.59 Å². The molecule has 0 aliphatic carbocycles. The van der Waals surface area contributed by atoms with Crippen molar-refractivity contribution in [1.82, 2.24) is 9.97 Å². The van der Waals surface area contributed by atoms with Gasteiger partial charge in [-0.05, 0) is 35.4 Å². The summed E-state index contributed by atoms with van der Waals surface area (Å²) in [5, 5.41) is 5.37. The second-order valence-electron chi connectivity index (χ2n) is 4.26. The van der Waals surface area contributed by atoms with Crippen LogP contribution in [0.1, 0.15) is 15.9 Å². The lowest BCUT2D eigenvalue weighted by atomic mass is 10.1. The third kappa shape index (κ3) is 2.46. The number of rotatable bonds is 2. The van der Waals surface area contributed by atoms with E-state index in [1.165, 1.54) is 6.20 Å². The number of nitrogens with one attached hydrogen (secondary N) is 2. The molecule has 0 saturated heterocycles. The van der Waals surface area contributed by atoms with Crippen molar-refractivity contribution >= 4 is 34.9 Å². The molecular weight excluding hydrogens is 280 g/mol. The minimum atomic E-state index is -0.330. The Kier molecular flexibility index (Phi) is 3.08. The summed E-state index contributed by atoms with van der Waals surface area (Å²) < 4.78 is 0. The number of carbonyl (C=O) groups is 2. The first-order valence-corrected chi connectivity index (χ1v) is 6.22. The fourth-order valence-corrected chi connectivity index (χ4v) is 2.10. The first-order chi connectivity index (χ1) is 9.61. The maximum atomic E-state index is 12.1. The fourth-order valence-electron chi connectivity index (χ4n) is 1.95. The Balaban J connectivity index is 1.81. The number of nitrogens with zero attached hydrogens (tertiary/aromatic N) is 2. The summed E-state index contributed by atoms with van der Waals surface area (Å²) in [6.07, 6.45) is 1.80. The molecule has 1 aromatic heterocycles. The first kappa shape index (κ1) is 12.6. The maximum Gasteiger partial charge on any atom is 0.256 e. The topological polar surface area (TPSA) is 84.0 Å². The van der Waals surface area contributed by atoms with Gasteiger partial charge in [0, 0.05) is 17.4 Å². The molecule has 6 nitrogen and oxygen atoms in total. The van der Waals surface area contributed by atoms with Gasteiger partial charge in [0.2, 0.25) is 11.2 Å². The molecule has 20 heavy (non-hydrogen) atoms. The highest BCUT2D eigenvalue weighted by molar-refractivity contribution is 6.28.